The molecule has 30 heavy (non-hydrogen) atoms. The van der Waals surface area contributed by atoms with Crippen LogP contribution in [0.1, 0.15) is 53.5 Å². The SMILES string of the molecule is O=C(NC(c1cccc(F)n1)[C@]1(O)CC[C@@H](F)CC1)c1nccc(C(F)(F)F)c1Cl. The number of amides is 1. The van der Waals surface area contributed by atoms with Gasteiger partial charge in [0.25, 0.3) is 5.91 Å². The molecule has 5 nitrogen and oxygen atoms in total. The third-order valence-corrected chi connectivity index (χ3v) is 5.42. The van der Waals surface area contributed by atoms with Crippen molar-refractivity contribution in [3.8, 4) is 0 Å². The molecule has 2 heterocycles. The van der Waals surface area contributed by atoms with E-state index in [0.29, 0.717) is 6.07 Å². The van der Waals surface area contributed by atoms with Crippen molar-refractivity contribution in [2.75, 3.05) is 0 Å². The highest BCUT2D eigenvalue weighted by atomic mass is 35.5. The Morgan fingerprint density at radius 2 is 1.93 bits per heavy atom. The highest BCUT2D eigenvalue weighted by Crippen LogP contribution is 2.40. The van der Waals surface area contributed by atoms with Gasteiger partial charge in [-0.3, -0.25) is 4.79 Å². The van der Waals surface area contributed by atoms with Gasteiger partial charge in [0.2, 0.25) is 5.95 Å². The van der Waals surface area contributed by atoms with Crippen LogP contribution in [-0.2, 0) is 6.18 Å². The van der Waals surface area contributed by atoms with Crippen LogP contribution in [0.25, 0.3) is 0 Å². The van der Waals surface area contributed by atoms with Gasteiger partial charge in [-0.2, -0.15) is 17.6 Å². The summed E-state index contributed by atoms with van der Waals surface area (Å²) in [6, 6.07) is 3.00. The van der Waals surface area contributed by atoms with Crippen molar-refractivity contribution in [1.29, 1.82) is 0 Å². The minimum atomic E-state index is -4.81. The van der Waals surface area contributed by atoms with E-state index < -0.39 is 52.1 Å². The van der Waals surface area contributed by atoms with Gasteiger partial charge in [-0.15, -0.1) is 0 Å². The summed E-state index contributed by atoms with van der Waals surface area (Å²) < 4.78 is 66.5. The quantitative estimate of drug-likeness (QED) is 0.536. The van der Waals surface area contributed by atoms with Gasteiger partial charge in [0, 0.05) is 6.20 Å². The van der Waals surface area contributed by atoms with Crippen LogP contribution < -0.4 is 5.32 Å². The Balaban J connectivity index is 1.97. The Morgan fingerprint density at radius 3 is 2.53 bits per heavy atom. The van der Waals surface area contributed by atoms with E-state index in [1.807, 2.05) is 0 Å². The summed E-state index contributed by atoms with van der Waals surface area (Å²) in [5.41, 5.74) is -3.71. The van der Waals surface area contributed by atoms with Gasteiger partial charge in [-0.25, -0.2) is 14.4 Å². The van der Waals surface area contributed by atoms with E-state index >= 15 is 0 Å². The number of aliphatic hydroxyl groups is 1. The lowest BCUT2D eigenvalue weighted by atomic mass is 9.77. The topological polar surface area (TPSA) is 75.1 Å². The number of alkyl halides is 4. The highest BCUT2D eigenvalue weighted by molar-refractivity contribution is 6.34. The third kappa shape index (κ3) is 4.70. The molecule has 162 valence electrons. The lowest BCUT2D eigenvalue weighted by Gasteiger charge is -2.40. The van der Waals surface area contributed by atoms with Crippen molar-refractivity contribution < 1.29 is 31.9 Å². The first-order valence-corrected chi connectivity index (χ1v) is 9.40. The van der Waals surface area contributed by atoms with Crippen molar-refractivity contribution in [1.82, 2.24) is 15.3 Å². The van der Waals surface area contributed by atoms with Crippen LogP contribution in [0.15, 0.2) is 30.5 Å². The van der Waals surface area contributed by atoms with Crippen LogP contribution >= 0.6 is 11.6 Å². The molecule has 0 spiro atoms. The standard InChI is InChI=1S/C19H17ClF5N3O2/c20-14-11(19(23,24)25)6-9-26-15(14)17(29)28-16(12-2-1-3-13(22)27-12)18(30)7-4-10(21)5-8-18/h1-3,6,9-10,16,30H,4-5,7-8H2,(H,28,29)/t10-,16?,18+. The number of nitrogens with zero attached hydrogens (tertiary/aromatic N) is 2. The Bertz CT molecular complexity index is 933. The van der Waals surface area contributed by atoms with Crippen LogP contribution in [0.4, 0.5) is 22.0 Å². The van der Waals surface area contributed by atoms with E-state index in [4.69, 9.17) is 11.6 Å². The summed E-state index contributed by atoms with van der Waals surface area (Å²) >= 11 is 5.75. The van der Waals surface area contributed by atoms with Gasteiger partial charge in [-0.1, -0.05) is 17.7 Å². The summed E-state index contributed by atoms with van der Waals surface area (Å²) in [6.45, 7) is 0. The van der Waals surface area contributed by atoms with Gasteiger partial charge in [-0.05, 0) is 43.9 Å². The summed E-state index contributed by atoms with van der Waals surface area (Å²) in [4.78, 5) is 20.0. The first-order chi connectivity index (χ1) is 14.0. The smallest absolute Gasteiger partial charge is 0.387 e. The van der Waals surface area contributed by atoms with Gasteiger partial charge in [0.15, 0.2) is 0 Å². The molecule has 0 aromatic carbocycles. The van der Waals surface area contributed by atoms with E-state index in [1.54, 1.807) is 0 Å². The number of hydrogen-bond acceptors (Lipinski definition) is 4. The van der Waals surface area contributed by atoms with Crippen molar-refractivity contribution in [2.24, 2.45) is 0 Å². The van der Waals surface area contributed by atoms with Gasteiger partial charge < -0.3 is 10.4 Å². The monoisotopic (exact) mass is 449 g/mol. The number of aromatic nitrogens is 2. The Hall–Kier alpha value is -2.33. The molecule has 1 aliphatic carbocycles. The molecule has 1 fully saturated rings. The number of pyridine rings is 2. The number of carbonyl (C=O) groups is 1. The zero-order valence-electron chi connectivity index (χ0n) is 15.4. The Morgan fingerprint density at radius 1 is 1.27 bits per heavy atom. The summed E-state index contributed by atoms with van der Waals surface area (Å²) in [5, 5.41) is 12.5. The highest BCUT2D eigenvalue weighted by Gasteiger charge is 2.43. The molecule has 2 N–H and O–H groups in total. The molecule has 0 bridgehead atoms. The van der Waals surface area contributed by atoms with E-state index in [1.165, 1.54) is 12.1 Å². The van der Waals surface area contributed by atoms with Gasteiger partial charge in [0.05, 0.1) is 21.9 Å². The number of rotatable bonds is 4. The van der Waals surface area contributed by atoms with Crippen molar-refractivity contribution >= 4 is 17.5 Å². The molecule has 0 saturated heterocycles. The number of halogens is 6. The maximum Gasteiger partial charge on any atom is 0.417 e. The zero-order chi connectivity index (χ0) is 22.1. The second kappa shape index (κ2) is 8.43. The van der Waals surface area contributed by atoms with Crippen molar-refractivity contribution in [3.63, 3.8) is 0 Å². The second-order valence-corrected chi connectivity index (χ2v) is 7.47. The van der Waals surface area contributed by atoms with Gasteiger partial charge >= 0.3 is 6.18 Å². The van der Waals surface area contributed by atoms with Crippen LogP contribution in [0.5, 0.6) is 0 Å². The van der Waals surface area contributed by atoms with E-state index in [2.05, 4.69) is 15.3 Å². The van der Waals surface area contributed by atoms with Crippen LogP contribution in [0, 0.1) is 5.95 Å². The van der Waals surface area contributed by atoms with Crippen molar-refractivity contribution in [3.05, 3.63) is 58.4 Å². The van der Waals surface area contributed by atoms with Crippen LogP contribution in [0.2, 0.25) is 5.02 Å². The first kappa shape index (κ1) is 22.4. The second-order valence-electron chi connectivity index (χ2n) is 7.09. The molecular weight excluding hydrogens is 433 g/mol. The molecule has 1 atom stereocenters. The fourth-order valence-electron chi connectivity index (χ4n) is 3.46. The molecule has 2 aromatic heterocycles. The zero-order valence-corrected chi connectivity index (χ0v) is 16.1. The Labute approximate surface area is 173 Å². The van der Waals surface area contributed by atoms with Crippen LogP contribution in [0.3, 0.4) is 0 Å². The van der Waals surface area contributed by atoms with E-state index in [-0.39, 0.29) is 31.4 Å². The molecule has 1 saturated carbocycles. The number of nitrogens with one attached hydrogen (secondary N) is 1. The molecular formula is C19H17ClF5N3O2. The molecule has 11 heteroatoms. The van der Waals surface area contributed by atoms with E-state index in [0.717, 1.165) is 12.3 Å². The number of hydrogen-bond donors (Lipinski definition) is 2. The minimum absolute atomic E-state index is 0.000745. The van der Waals surface area contributed by atoms with E-state index in [9.17, 15) is 31.9 Å². The molecule has 2 aromatic rings. The molecule has 1 aliphatic rings. The number of carbonyl (C=O) groups excluding carboxylic acids is 1. The molecule has 3 rings (SSSR count). The lowest BCUT2D eigenvalue weighted by Crippen LogP contribution is -2.49. The molecule has 1 unspecified atom stereocenters. The lowest BCUT2D eigenvalue weighted by molar-refractivity contribution is -0.137. The third-order valence-electron chi connectivity index (χ3n) is 5.04. The maximum absolute atomic E-state index is 13.7. The summed E-state index contributed by atoms with van der Waals surface area (Å²) in [6.07, 6.45) is -5.30. The van der Waals surface area contributed by atoms with Crippen LogP contribution in [-0.4, -0.2) is 32.8 Å². The fraction of sp³-hybridized carbons (Fsp3) is 0.421. The molecule has 0 radical (unpaired) electrons. The summed E-state index contributed by atoms with van der Waals surface area (Å²) in [5.74, 6) is -2.00. The normalized spacial score (nSPS) is 23.1. The Kier molecular flexibility index (Phi) is 6.28. The average Bonchev–Trinajstić information content (AvgIpc) is 2.67. The average molecular weight is 450 g/mol. The first-order valence-electron chi connectivity index (χ1n) is 9.03. The molecule has 0 aliphatic heterocycles. The molecule has 1 amide bonds. The fourth-order valence-corrected chi connectivity index (χ4v) is 3.76. The predicted molar refractivity (Wildman–Crippen MR) is 97.0 cm³/mol. The van der Waals surface area contributed by atoms with Gasteiger partial charge in [0.1, 0.15) is 17.9 Å². The largest absolute Gasteiger partial charge is 0.417 e. The maximum atomic E-state index is 13.7. The summed E-state index contributed by atoms with van der Waals surface area (Å²) in [7, 11) is 0. The van der Waals surface area contributed by atoms with Crippen molar-refractivity contribution in [2.45, 2.75) is 49.7 Å². The minimum Gasteiger partial charge on any atom is -0.387 e. The predicted octanol–water partition coefficient (Wildman–Crippen LogP) is 4.40.